The van der Waals surface area contributed by atoms with E-state index in [1.807, 2.05) is 44.2 Å². The van der Waals surface area contributed by atoms with Crippen molar-refractivity contribution >= 4 is 21.6 Å². The number of likely N-dealkylation sites (N-methyl/N-ethyl adjacent to an activating group) is 1. The second-order valence-electron chi connectivity index (χ2n) is 7.90. The molecule has 0 saturated heterocycles. The van der Waals surface area contributed by atoms with E-state index >= 15 is 0 Å². The molecule has 0 unspecified atom stereocenters. The van der Waals surface area contributed by atoms with Crippen LogP contribution in [0.25, 0.3) is 0 Å². The lowest BCUT2D eigenvalue weighted by Gasteiger charge is -2.21. The van der Waals surface area contributed by atoms with E-state index in [0.717, 1.165) is 21.0 Å². The number of benzene rings is 2. The SMILES string of the molecule is Cc1ccc(C)c(NC(=O)CN(C)S(=O)(=O)c2ccc(C(C)(C)C)cc2)c1. The van der Waals surface area contributed by atoms with Crippen LogP contribution in [-0.2, 0) is 20.2 Å². The number of amides is 1. The molecule has 0 aliphatic rings. The van der Waals surface area contributed by atoms with Gasteiger partial charge in [0.15, 0.2) is 0 Å². The zero-order chi connectivity index (χ0) is 20.4. The number of carbonyl (C=O) groups is 1. The number of carbonyl (C=O) groups excluding carboxylic acids is 1. The number of rotatable bonds is 5. The normalized spacial score (nSPS) is 12.3. The minimum Gasteiger partial charge on any atom is -0.325 e. The molecule has 1 N–H and O–H groups in total. The van der Waals surface area contributed by atoms with Gasteiger partial charge in [-0.1, -0.05) is 45.0 Å². The van der Waals surface area contributed by atoms with Crippen LogP contribution in [0.5, 0.6) is 0 Å². The maximum absolute atomic E-state index is 12.7. The second kappa shape index (κ2) is 7.82. The number of nitrogens with one attached hydrogen (secondary N) is 1. The molecule has 0 bridgehead atoms. The summed E-state index contributed by atoms with van der Waals surface area (Å²) in [7, 11) is -2.32. The Balaban J connectivity index is 2.12. The molecule has 0 spiro atoms. The Kier molecular flexibility index (Phi) is 6.12. The van der Waals surface area contributed by atoms with Crippen molar-refractivity contribution in [3.8, 4) is 0 Å². The highest BCUT2D eigenvalue weighted by molar-refractivity contribution is 7.89. The summed E-state index contributed by atoms with van der Waals surface area (Å²) in [6, 6.07) is 12.6. The van der Waals surface area contributed by atoms with Crippen LogP contribution >= 0.6 is 0 Å². The van der Waals surface area contributed by atoms with Crippen LogP contribution in [0.1, 0.15) is 37.5 Å². The van der Waals surface area contributed by atoms with Gasteiger partial charge in [-0.25, -0.2) is 8.42 Å². The summed E-state index contributed by atoms with van der Waals surface area (Å²) < 4.78 is 26.6. The fourth-order valence-corrected chi connectivity index (χ4v) is 3.78. The summed E-state index contributed by atoms with van der Waals surface area (Å²) in [4.78, 5) is 12.5. The summed E-state index contributed by atoms with van der Waals surface area (Å²) in [5.41, 5.74) is 3.64. The van der Waals surface area contributed by atoms with Gasteiger partial charge in [0, 0.05) is 12.7 Å². The monoisotopic (exact) mass is 388 g/mol. The molecule has 0 saturated carbocycles. The topological polar surface area (TPSA) is 66.5 Å². The minimum atomic E-state index is -3.73. The number of aryl methyl sites for hydroxylation is 2. The van der Waals surface area contributed by atoms with E-state index in [1.54, 1.807) is 12.1 Å². The largest absolute Gasteiger partial charge is 0.325 e. The lowest BCUT2D eigenvalue weighted by molar-refractivity contribution is -0.116. The zero-order valence-electron chi connectivity index (χ0n) is 16.8. The Morgan fingerprint density at radius 2 is 1.63 bits per heavy atom. The molecule has 2 aromatic rings. The van der Waals surface area contributed by atoms with Crippen LogP contribution in [0.4, 0.5) is 5.69 Å². The van der Waals surface area contributed by atoms with E-state index in [9.17, 15) is 13.2 Å². The molecule has 27 heavy (non-hydrogen) atoms. The first-order chi connectivity index (χ1) is 12.4. The van der Waals surface area contributed by atoms with Gasteiger partial charge in [-0.3, -0.25) is 4.79 Å². The summed E-state index contributed by atoms with van der Waals surface area (Å²) in [5, 5.41) is 2.79. The Labute approximate surface area is 162 Å². The van der Waals surface area contributed by atoms with E-state index in [1.165, 1.54) is 7.05 Å². The van der Waals surface area contributed by atoms with Gasteiger partial charge < -0.3 is 5.32 Å². The molecule has 0 radical (unpaired) electrons. The first-order valence-electron chi connectivity index (χ1n) is 8.85. The third-order valence-corrected chi connectivity index (χ3v) is 6.28. The van der Waals surface area contributed by atoms with E-state index in [2.05, 4.69) is 26.1 Å². The molecule has 0 fully saturated rings. The van der Waals surface area contributed by atoms with Crippen molar-refractivity contribution in [1.82, 2.24) is 4.31 Å². The fraction of sp³-hybridized carbons (Fsp3) is 0.381. The second-order valence-corrected chi connectivity index (χ2v) is 9.95. The highest BCUT2D eigenvalue weighted by Crippen LogP contribution is 2.24. The standard InChI is InChI=1S/C21H28N2O3S/c1-15-7-8-16(2)19(13-15)22-20(24)14-23(6)27(25,26)18-11-9-17(10-12-18)21(3,4)5/h7-13H,14H2,1-6H3,(H,22,24). The van der Waals surface area contributed by atoms with Gasteiger partial charge in [-0.2, -0.15) is 4.31 Å². The van der Waals surface area contributed by atoms with Gasteiger partial charge in [0.25, 0.3) is 0 Å². The van der Waals surface area contributed by atoms with Crippen LogP contribution in [-0.4, -0.2) is 32.2 Å². The molecule has 0 aliphatic heterocycles. The van der Waals surface area contributed by atoms with Crippen molar-refractivity contribution in [2.75, 3.05) is 18.9 Å². The Hall–Kier alpha value is -2.18. The molecule has 0 atom stereocenters. The molecule has 0 heterocycles. The average Bonchev–Trinajstić information content (AvgIpc) is 2.57. The van der Waals surface area contributed by atoms with Crippen LogP contribution in [0.3, 0.4) is 0 Å². The van der Waals surface area contributed by atoms with Crippen molar-refractivity contribution in [3.63, 3.8) is 0 Å². The lowest BCUT2D eigenvalue weighted by Crippen LogP contribution is -2.35. The molecular formula is C21H28N2O3S. The van der Waals surface area contributed by atoms with Gasteiger partial charge >= 0.3 is 0 Å². The lowest BCUT2D eigenvalue weighted by atomic mass is 9.87. The summed E-state index contributed by atoms with van der Waals surface area (Å²) in [6.07, 6.45) is 0. The van der Waals surface area contributed by atoms with Crippen LogP contribution in [0.15, 0.2) is 47.4 Å². The van der Waals surface area contributed by atoms with Gasteiger partial charge in [0.05, 0.1) is 11.4 Å². The van der Waals surface area contributed by atoms with E-state index in [4.69, 9.17) is 0 Å². The number of anilines is 1. The van der Waals surface area contributed by atoms with Crippen molar-refractivity contribution < 1.29 is 13.2 Å². The smallest absolute Gasteiger partial charge is 0.243 e. The molecular weight excluding hydrogens is 360 g/mol. The van der Waals surface area contributed by atoms with E-state index < -0.39 is 10.0 Å². The summed E-state index contributed by atoms with van der Waals surface area (Å²) >= 11 is 0. The Bertz CT molecular complexity index is 927. The summed E-state index contributed by atoms with van der Waals surface area (Å²) in [6.45, 7) is 9.79. The van der Waals surface area contributed by atoms with Gasteiger partial charge in [-0.05, 0) is 54.2 Å². The molecule has 146 valence electrons. The van der Waals surface area contributed by atoms with Crippen molar-refractivity contribution in [3.05, 3.63) is 59.2 Å². The average molecular weight is 389 g/mol. The highest BCUT2D eigenvalue weighted by atomic mass is 32.2. The van der Waals surface area contributed by atoms with E-state index in [0.29, 0.717) is 5.69 Å². The van der Waals surface area contributed by atoms with E-state index in [-0.39, 0.29) is 22.8 Å². The predicted octanol–water partition coefficient (Wildman–Crippen LogP) is 3.86. The summed E-state index contributed by atoms with van der Waals surface area (Å²) in [5.74, 6) is -0.374. The van der Waals surface area contributed by atoms with Gasteiger partial charge in [0.1, 0.15) is 0 Å². The fourth-order valence-electron chi connectivity index (χ4n) is 2.65. The first kappa shape index (κ1) is 21.1. The van der Waals surface area contributed by atoms with Crippen molar-refractivity contribution in [2.24, 2.45) is 0 Å². The zero-order valence-corrected chi connectivity index (χ0v) is 17.6. The molecule has 0 aliphatic carbocycles. The molecule has 2 aromatic carbocycles. The van der Waals surface area contributed by atoms with Gasteiger partial charge in [-0.15, -0.1) is 0 Å². The number of hydrogen-bond donors (Lipinski definition) is 1. The van der Waals surface area contributed by atoms with Crippen LogP contribution < -0.4 is 5.32 Å². The van der Waals surface area contributed by atoms with Gasteiger partial charge in [0.2, 0.25) is 15.9 Å². The third kappa shape index (κ3) is 5.17. The molecule has 2 rings (SSSR count). The Morgan fingerprint density at radius 3 is 2.19 bits per heavy atom. The third-order valence-electron chi connectivity index (χ3n) is 4.46. The Morgan fingerprint density at radius 1 is 1.04 bits per heavy atom. The van der Waals surface area contributed by atoms with Crippen molar-refractivity contribution in [1.29, 1.82) is 0 Å². The quantitative estimate of drug-likeness (QED) is 0.846. The van der Waals surface area contributed by atoms with Crippen molar-refractivity contribution in [2.45, 2.75) is 44.9 Å². The molecule has 6 heteroatoms. The van der Waals surface area contributed by atoms with Crippen LogP contribution in [0, 0.1) is 13.8 Å². The maximum atomic E-state index is 12.7. The number of hydrogen-bond acceptors (Lipinski definition) is 3. The maximum Gasteiger partial charge on any atom is 0.243 e. The predicted molar refractivity (Wildman–Crippen MR) is 110 cm³/mol. The molecule has 1 amide bonds. The highest BCUT2D eigenvalue weighted by Gasteiger charge is 2.24. The molecule has 5 nitrogen and oxygen atoms in total. The number of nitrogens with zero attached hydrogens (tertiary/aromatic N) is 1. The minimum absolute atomic E-state index is 0.0558. The number of sulfonamides is 1. The first-order valence-corrected chi connectivity index (χ1v) is 10.3. The molecule has 0 aromatic heterocycles. The van der Waals surface area contributed by atoms with Crippen LogP contribution in [0.2, 0.25) is 0 Å².